The molecule has 3 rings (SSSR count). The van der Waals surface area contributed by atoms with Crippen molar-refractivity contribution in [1.82, 2.24) is 4.90 Å². The number of morpholine rings is 1. The van der Waals surface area contributed by atoms with Gasteiger partial charge in [-0.1, -0.05) is 12.1 Å². The largest absolute Gasteiger partial charge is 0.478 e. The molecule has 1 aromatic carbocycles. The van der Waals surface area contributed by atoms with E-state index < -0.39 is 5.97 Å². The standard InChI is InChI=1S/C20H23NO5S/c1-13-10-21(12-20(2,3)26-13)18(22)15-6-4-5-7-17(15)27-11-16-14(19(23)24)8-9-25-16/h4-9,13H,10-12H2,1-3H3,(H,23,24). The Morgan fingerprint density at radius 3 is 2.70 bits per heavy atom. The molecular formula is C20H23NO5S. The fourth-order valence-electron chi connectivity index (χ4n) is 3.33. The number of rotatable bonds is 5. The van der Waals surface area contributed by atoms with E-state index in [1.54, 1.807) is 6.07 Å². The van der Waals surface area contributed by atoms with E-state index in [1.807, 2.05) is 43.9 Å². The first-order valence-corrected chi connectivity index (χ1v) is 9.74. The predicted molar refractivity (Wildman–Crippen MR) is 102 cm³/mol. The van der Waals surface area contributed by atoms with E-state index in [9.17, 15) is 14.7 Å². The van der Waals surface area contributed by atoms with Gasteiger partial charge in [-0.05, 0) is 39.0 Å². The van der Waals surface area contributed by atoms with Crippen molar-refractivity contribution in [3.8, 4) is 0 Å². The van der Waals surface area contributed by atoms with Gasteiger partial charge in [0.2, 0.25) is 0 Å². The second-order valence-electron chi connectivity index (χ2n) is 7.22. The zero-order chi connectivity index (χ0) is 19.6. The van der Waals surface area contributed by atoms with Crippen molar-refractivity contribution < 1.29 is 23.8 Å². The molecule has 0 aliphatic carbocycles. The Labute approximate surface area is 162 Å². The summed E-state index contributed by atoms with van der Waals surface area (Å²) in [7, 11) is 0. The number of carbonyl (C=O) groups is 2. The first kappa shape index (κ1) is 19.5. The highest BCUT2D eigenvalue weighted by atomic mass is 32.2. The average Bonchev–Trinajstić information content (AvgIpc) is 3.06. The highest BCUT2D eigenvalue weighted by molar-refractivity contribution is 7.98. The van der Waals surface area contributed by atoms with Crippen molar-refractivity contribution in [2.75, 3.05) is 13.1 Å². The molecule has 2 heterocycles. The summed E-state index contributed by atoms with van der Waals surface area (Å²) in [6, 6.07) is 8.81. The number of ether oxygens (including phenoxy) is 1. The molecule has 1 atom stereocenters. The Kier molecular flexibility index (Phi) is 5.62. The van der Waals surface area contributed by atoms with Crippen molar-refractivity contribution in [3.05, 3.63) is 53.5 Å². The van der Waals surface area contributed by atoms with Gasteiger partial charge in [-0.2, -0.15) is 0 Å². The van der Waals surface area contributed by atoms with Crippen molar-refractivity contribution in [1.29, 1.82) is 0 Å². The fourth-order valence-corrected chi connectivity index (χ4v) is 4.33. The number of furan rings is 1. The van der Waals surface area contributed by atoms with Gasteiger partial charge in [-0.3, -0.25) is 4.79 Å². The molecule has 1 aliphatic heterocycles. The van der Waals surface area contributed by atoms with Gasteiger partial charge in [0.25, 0.3) is 5.91 Å². The minimum absolute atomic E-state index is 0.0289. The zero-order valence-electron chi connectivity index (χ0n) is 15.6. The van der Waals surface area contributed by atoms with Crippen LogP contribution in [0.5, 0.6) is 0 Å². The van der Waals surface area contributed by atoms with Gasteiger partial charge in [-0.25, -0.2) is 4.79 Å². The molecule has 2 aromatic rings. The molecule has 0 bridgehead atoms. The van der Waals surface area contributed by atoms with Crippen molar-refractivity contribution in [2.45, 2.75) is 43.1 Å². The summed E-state index contributed by atoms with van der Waals surface area (Å²) in [5.74, 6) is -0.340. The van der Waals surface area contributed by atoms with Gasteiger partial charge in [0.1, 0.15) is 11.3 Å². The maximum absolute atomic E-state index is 13.1. The number of carboxylic acids is 1. The van der Waals surface area contributed by atoms with Crippen LogP contribution in [-0.2, 0) is 10.5 Å². The van der Waals surface area contributed by atoms with E-state index in [0.717, 1.165) is 4.90 Å². The van der Waals surface area contributed by atoms with Crippen LogP contribution in [0.2, 0.25) is 0 Å². The highest BCUT2D eigenvalue weighted by Gasteiger charge is 2.34. The number of hydrogen-bond acceptors (Lipinski definition) is 5. The van der Waals surface area contributed by atoms with E-state index in [1.165, 1.54) is 24.1 Å². The zero-order valence-corrected chi connectivity index (χ0v) is 16.4. The maximum atomic E-state index is 13.1. The van der Waals surface area contributed by atoms with E-state index in [0.29, 0.717) is 30.2 Å². The number of thioether (sulfide) groups is 1. The summed E-state index contributed by atoms with van der Waals surface area (Å²) in [5, 5.41) is 9.20. The lowest BCUT2D eigenvalue weighted by atomic mass is 10.0. The summed E-state index contributed by atoms with van der Waals surface area (Å²) in [6.07, 6.45) is 1.34. The molecule has 0 radical (unpaired) electrons. The topological polar surface area (TPSA) is 80.0 Å². The third-order valence-corrected chi connectivity index (χ3v) is 5.38. The molecule has 1 amide bonds. The molecule has 0 spiro atoms. The highest BCUT2D eigenvalue weighted by Crippen LogP contribution is 2.30. The van der Waals surface area contributed by atoms with E-state index in [-0.39, 0.29) is 23.2 Å². The number of amides is 1. The summed E-state index contributed by atoms with van der Waals surface area (Å²) < 4.78 is 11.2. The third-order valence-electron chi connectivity index (χ3n) is 4.31. The molecule has 1 saturated heterocycles. The number of carboxylic acid groups (broad SMARTS) is 1. The summed E-state index contributed by atoms with van der Waals surface area (Å²) in [5.41, 5.74) is 0.367. The molecule has 1 fully saturated rings. The lowest BCUT2D eigenvalue weighted by Crippen LogP contribution is -2.53. The average molecular weight is 389 g/mol. The van der Waals surface area contributed by atoms with Gasteiger partial charge in [0.05, 0.1) is 29.3 Å². The minimum Gasteiger partial charge on any atom is -0.478 e. The SMILES string of the molecule is CC1CN(C(=O)c2ccccc2SCc2occc2C(=O)O)CC(C)(C)O1. The maximum Gasteiger partial charge on any atom is 0.339 e. The van der Waals surface area contributed by atoms with Crippen LogP contribution < -0.4 is 0 Å². The van der Waals surface area contributed by atoms with Crippen LogP contribution in [0, 0.1) is 0 Å². The lowest BCUT2D eigenvalue weighted by molar-refractivity contribution is -0.118. The van der Waals surface area contributed by atoms with Crippen molar-refractivity contribution in [2.24, 2.45) is 0 Å². The Balaban J connectivity index is 1.78. The van der Waals surface area contributed by atoms with Gasteiger partial charge >= 0.3 is 5.97 Å². The molecule has 27 heavy (non-hydrogen) atoms. The van der Waals surface area contributed by atoms with E-state index in [2.05, 4.69) is 0 Å². The quantitative estimate of drug-likeness (QED) is 0.781. The van der Waals surface area contributed by atoms with Crippen molar-refractivity contribution >= 4 is 23.6 Å². The van der Waals surface area contributed by atoms with Crippen LogP contribution in [0.25, 0.3) is 0 Å². The van der Waals surface area contributed by atoms with Crippen LogP contribution in [0.4, 0.5) is 0 Å². The van der Waals surface area contributed by atoms with Gasteiger partial charge < -0.3 is 19.2 Å². The molecule has 1 aliphatic rings. The van der Waals surface area contributed by atoms with E-state index in [4.69, 9.17) is 9.15 Å². The molecule has 1 N–H and O–H groups in total. The second kappa shape index (κ2) is 7.78. The summed E-state index contributed by atoms with van der Waals surface area (Å²) in [6.45, 7) is 6.99. The smallest absolute Gasteiger partial charge is 0.339 e. The van der Waals surface area contributed by atoms with E-state index >= 15 is 0 Å². The fraction of sp³-hybridized carbons (Fsp3) is 0.400. The monoisotopic (exact) mass is 389 g/mol. The number of carbonyl (C=O) groups excluding carboxylic acids is 1. The van der Waals surface area contributed by atoms with Crippen LogP contribution in [0.15, 0.2) is 45.9 Å². The molecule has 0 saturated carbocycles. The lowest BCUT2D eigenvalue weighted by Gasteiger charge is -2.41. The molecule has 1 aromatic heterocycles. The van der Waals surface area contributed by atoms with Crippen molar-refractivity contribution in [3.63, 3.8) is 0 Å². The molecular weight excluding hydrogens is 366 g/mol. The summed E-state index contributed by atoms with van der Waals surface area (Å²) in [4.78, 5) is 27.0. The number of benzene rings is 1. The number of hydrogen-bond donors (Lipinski definition) is 1. The predicted octanol–water partition coefficient (Wildman–Crippen LogP) is 3.91. The second-order valence-corrected chi connectivity index (χ2v) is 8.24. The van der Waals surface area contributed by atoms with Gasteiger partial charge in [0.15, 0.2) is 0 Å². The first-order valence-electron chi connectivity index (χ1n) is 8.75. The van der Waals surface area contributed by atoms with Gasteiger partial charge in [-0.15, -0.1) is 11.8 Å². The minimum atomic E-state index is -1.02. The van der Waals surface area contributed by atoms with Crippen LogP contribution in [0.3, 0.4) is 0 Å². The van der Waals surface area contributed by atoms with Crippen LogP contribution in [0.1, 0.15) is 47.2 Å². The Morgan fingerprint density at radius 1 is 1.26 bits per heavy atom. The Hall–Kier alpha value is -2.25. The van der Waals surface area contributed by atoms with Gasteiger partial charge in [0, 0.05) is 18.0 Å². The Bertz CT molecular complexity index is 844. The number of nitrogens with zero attached hydrogens (tertiary/aromatic N) is 1. The third kappa shape index (κ3) is 4.54. The summed E-state index contributed by atoms with van der Waals surface area (Å²) >= 11 is 1.39. The van der Waals surface area contributed by atoms with Crippen LogP contribution >= 0.6 is 11.8 Å². The number of aromatic carboxylic acids is 1. The molecule has 7 heteroatoms. The molecule has 6 nitrogen and oxygen atoms in total. The molecule has 1 unspecified atom stereocenters. The first-order chi connectivity index (χ1) is 12.8. The Morgan fingerprint density at radius 2 is 2.00 bits per heavy atom. The normalized spacial score (nSPS) is 19.1. The van der Waals surface area contributed by atoms with Crippen LogP contribution in [-0.4, -0.2) is 46.7 Å². The molecule has 144 valence electrons.